The molecule has 0 unspecified atom stereocenters. The van der Waals surface area contributed by atoms with Gasteiger partial charge >= 0.3 is 0 Å². The number of Topliss-reactive ketones (excluding diaryl/α,β-unsaturated/α-hetero) is 1. The normalized spacial score (nSPS) is 10.6. The summed E-state index contributed by atoms with van der Waals surface area (Å²) >= 11 is 3.33. The van der Waals surface area contributed by atoms with E-state index in [-0.39, 0.29) is 0 Å². The van der Waals surface area contributed by atoms with E-state index < -0.39 is 11.7 Å². The van der Waals surface area contributed by atoms with E-state index in [4.69, 9.17) is 0 Å². The summed E-state index contributed by atoms with van der Waals surface area (Å²) in [6.07, 6.45) is 1.78. The summed E-state index contributed by atoms with van der Waals surface area (Å²) in [5, 5.41) is 2.63. The first-order chi connectivity index (χ1) is 10.6. The Labute approximate surface area is 135 Å². The number of halogens is 1. The smallest absolute Gasteiger partial charge is 0.298 e. The van der Waals surface area contributed by atoms with Crippen LogP contribution in [0.1, 0.15) is 16.1 Å². The van der Waals surface area contributed by atoms with E-state index in [9.17, 15) is 9.59 Å². The fraction of sp³-hybridized carbons (Fsp3) is 0.0588. The van der Waals surface area contributed by atoms with Gasteiger partial charge in [-0.2, -0.15) is 0 Å². The maximum absolute atomic E-state index is 12.5. The number of carbonyl (C=O) groups excluding carboxylic acids is 2. The van der Waals surface area contributed by atoms with Crippen LogP contribution in [0.2, 0.25) is 0 Å². The van der Waals surface area contributed by atoms with Crippen LogP contribution in [-0.4, -0.2) is 16.1 Å². The largest absolute Gasteiger partial charge is 0.319 e. The summed E-state index contributed by atoms with van der Waals surface area (Å²) in [6.45, 7) is 1.83. The first kappa shape index (κ1) is 14.5. The molecule has 4 nitrogen and oxygen atoms in total. The van der Waals surface area contributed by atoms with Crippen LogP contribution in [0.3, 0.4) is 0 Å². The molecule has 1 amide bonds. The van der Waals surface area contributed by atoms with Gasteiger partial charge in [-0.25, -0.2) is 0 Å². The molecular weight excluding hydrogens is 344 g/mol. The molecule has 3 rings (SSSR count). The maximum atomic E-state index is 12.5. The van der Waals surface area contributed by atoms with Gasteiger partial charge in [0.05, 0.1) is 0 Å². The predicted molar refractivity (Wildman–Crippen MR) is 89.2 cm³/mol. The van der Waals surface area contributed by atoms with Gasteiger partial charge in [0.2, 0.25) is 0 Å². The number of amides is 1. The molecule has 110 valence electrons. The Kier molecular flexibility index (Phi) is 3.81. The summed E-state index contributed by atoms with van der Waals surface area (Å²) in [6, 6.07) is 14.6. The standard InChI is InChI=1S/C17H13BrN2O2/c1-11-10-14-4-2-3-9-20(14)15(11)16(21)17(22)19-13-7-5-12(18)6-8-13/h2-10H,1H3,(H,19,22). The summed E-state index contributed by atoms with van der Waals surface area (Å²) in [5.74, 6) is -1.19. The third-order valence-corrected chi connectivity index (χ3v) is 3.92. The Morgan fingerprint density at radius 3 is 2.55 bits per heavy atom. The number of carbonyl (C=O) groups is 2. The fourth-order valence-corrected chi connectivity index (χ4v) is 2.64. The highest BCUT2D eigenvalue weighted by molar-refractivity contribution is 9.10. The average Bonchev–Trinajstić information content (AvgIpc) is 2.84. The highest BCUT2D eigenvalue weighted by Gasteiger charge is 2.22. The quantitative estimate of drug-likeness (QED) is 0.572. The molecule has 3 aromatic rings. The van der Waals surface area contributed by atoms with E-state index in [1.54, 1.807) is 34.9 Å². The molecular formula is C17H13BrN2O2. The van der Waals surface area contributed by atoms with Crippen LogP contribution >= 0.6 is 15.9 Å². The average molecular weight is 357 g/mol. The number of aryl methyl sites for hydroxylation is 1. The number of anilines is 1. The van der Waals surface area contributed by atoms with Crippen LogP contribution < -0.4 is 5.32 Å². The van der Waals surface area contributed by atoms with E-state index in [1.807, 2.05) is 31.2 Å². The second-order valence-electron chi connectivity index (χ2n) is 4.96. The highest BCUT2D eigenvalue weighted by Crippen LogP contribution is 2.18. The number of nitrogens with one attached hydrogen (secondary N) is 1. The van der Waals surface area contributed by atoms with Gasteiger partial charge in [-0.3, -0.25) is 9.59 Å². The van der Waals surface area contributed by atoms with E-state index in [2.05, 4.69) is 21.2 Å². The van der Waals surface area contributed by atoms with Crippen molar-refractivity contribution in [1.82, 2.24) is 4.40 Å². The van der Waals surface area contributed by atoms with Crippen molar-refractivity contribution in [2.45, 2.75) is 6.92 Å². The van der Waals surface area contributed by atoms with E-state index >= 15 is 0 Å². The van der Waals surface area contributed by atoms with E-state index in [0.29, 0.717) is 11.4 Å². The minimum Gasteiger partial charge on any atom is -0.319 e. The van der Waals surface area contributed by atoms with Crippen molar-refractivity contribution in [3.8, 4) is 0 Å². The number of rotatable bonds is 3. The lowest BCUT2D eigenvalue weighted by Gasteiger charge is -2.06. The van der Waals surface area contributed by atoms with Crippen LogP contribution in [0.4, 0.5) is 5.69 Å². The summed E-state index contributed by atoms with van der Waals surface area (Å²) in [5.41, 5.74) is 2.65. The van der Waals surface area contributed by atoms with E-state index in [0.717, 1.165) is 15.6 Å². The first-order valence-electron chi connectivity index (χ1n) is 6.74. The van der Waals surface area contributed by atoms with Gasteiger partial charge in [0.25, 0.3) is 11.7 Å². The molecule has 5 heteroatoms. The van der Waals surface area contributed by atoms with Crippen LogP contribution in [-0.2, 0) is 4.79 Å². The molecule has 0 aliphatic rings. The first-order valence-corrected chi connectivity index (χ1v) is 7.53. The molecule has 0 spiro atoms. The third-order valence-electron chi connectivity index (χ3n) is 3.39. The van der Waals surface area contributed by atoms with Gasteiger partial charge in [-0.1, -0.05) is 22.0 Å². The van der Waals surface area contributed by atoms with Crippen LogP contribution in [0.25, 0.3) is 5.52 Å². The summed E-state index contributed by atoms with van der Waals surface area (Å²) < 4.78 is 2.64. The van der Waals surface area contributed by atoms with Crippen molar-refractivity contribution in [2.24, 2.45) is 0 Å². The zero-order chi connectivity index (χ0) is 15.7. The second-order valence-corrected chi connectivity index (χ2v) is 5.88. The molecule has 0 radical (unpaired) electrons. The second kappa shape index (κ2) is 5.77. The summed E-state index contributed by atoms with van der Waals surface area (Å²) in [7, 11) is 0. The topological polar surface area (TPSA) is 50.6 Å². The van der Waals surface area contributed by atoms with Gasteiger partial charge < -0.3 is 9.72 Å². The van der Waals surface area contributed by atoms with Crippen LogP contribution in [0.15, 0.2) is 59.2 Å². The fourth-order valence-electron chi connectivity index (χ4n) is 2.37. The highest BCUT2D eigenvalue weighted by atomic mass is 79.9. The molecule has 0 saturated carbocycles. The number of pyridine rings is 1. The molecule has 22 heavy (non-hydrogen) atoms. The minimum absolute atomic E-state index is 0.394. The van der Waals surface area contributed by atoms with Gasteiger partial charge in [0, 0.05) is 21.9 Å². The van der Waals surface area contributed by atoms with Gasteiger partial charge in [0.1, 0.15) is 5.69 Å². The lowest BCUT2D eigenvalue weighted by atomic mass is 10.2. The van der Waals surface area contributed by atoms with Gasteiger partial charge in [0.15, 0.2) is 0 Å². The molecule has 0 fully saturated rings. The number of benzene rings is 1. The molecule has 1 N–H and O–H groups in total. The van der Waals surface area contributed by atoms with Crippen molar-refractivity contribution in [1.29, 1.82) is 0 Å². The number of aromatic nitrogens is 1. The zero-order valence-electron chi connectivity index (χ0n) is 11.8. The van der Waals surface area contributed by atoms with Crippen molar-refractivity contribution in [3.05, 3.63) is 70.5 Å². The minimum atomic E-state index is -0.644. The predicted octanol–water partition coefficient (Wildman–Crippen LogP) is 3.83. The monoisotopic (exact) mass is 356 g/mol. The van der Waals surface area contributed by atoms with Crippen molar-refractivity contribution in [2.75, 3.05) is 5.32 Å². The number of hydrogen-bond donors (Lipinski definition) is 1. The van der Waals surface area contributed by atoms with Gasteiger partial charge in [-0.05, 0) is 55.0 Å². The maximum Gasteiger partial charge on any atom is 0.298 e. The lowest BCUT2D eigenvalue weighted by molar-refractivity contribution is -0.112. The molecule has 0 aliphatic carbocycles. The molecule has 2 aromatic heterocycles. The van der Waals surface area contributed by atoms with Crippen molar-refractivity contribution in [3.63, 3.8) is 0 Å². The number of fused-ring (bicyclic) bond motifs is 1. The Morgan fingerprint density at radius 1 is 1.09 bits per heavy atom. The van der Waals surface area contributed by atoms with Crippen LogP contribution in [0, 0.1) is 6.92 Å². The Morgan fingerprint density at radius 2 is 1.82 bits per heavy atom. The zero-order valence-corrected chi connectivity index (χ0v) is 13.4. The van der Waals surface area contributed by atoms with E-state index in [1.165, 1.54) is 0 Å². The molecule has 0 bridgehead atoms. The molecule has 0 atom stereocenters. The number of hydrogen-bond acceptors (Lipinski definition) is 2. The summed E-state index contributed by atoms with van der Waals surface area (Å²) in [4.78, 5) is 24.7. The van der Waals surface area contributed by atoms with Crippen molar-refractivity contribution < 1.29 is 9.59 Å². The lowest BCUT2D eigenvalue weighted by Crippen LogP contribution is -2.24. The molecule has 2 heterocycles. The van der Waals surface area contributed by atoms with Crippen LogP contribution in [0.5, 0.6) is 0 Å². The Bertz CT molecular complexity index is 866. The Balaban J connectivity index is 1.90. The SMILES string of the molecule is Cc1cc2ccccn2c1C(=O)C(=O)Nc1ccc(Br)cc1. The number of nitrogens with zero attached hydrogens (tertiary/aromatic N) is 1. The Hall–Kier alpha value is -2.40. The molecule has 0 aliphatic heterocycles. The van der Waals surface area contributed by atoms with Gasteiger partial charge in [-0.15, -0.1) is 0 Å². The third kappa shape index (κ3) is 2.67. The molecule has 0 saturated heterocycles. The molecule has 1 aromatic carbocycles. The van der Waals surface area contributed by atoms with Crippen molar-refractivity contribution >= 4 is 38.8 Å². The number of ketones is 1.